The van der Waals surface area contributed by atoms with Gasteiger partial charge in [0, 0.05) is 37.7 Å². The van der Waals surface area contributed by atoms with Crippen LogP contribution >= 0.6 is 11.6 Å². The van der Waals surface area contributed by atoms with Crippen LogP contribution in [-0.2, 0) is 0 Å². The van der Waals surface area contributed by atoms with Gasteiger partial charge in [0.1, 0.15) is 5.82 Å². The minimum atomic E-state index is -2.97. The highest BCUT2D eigenvalue weighted by molar-refractivity contribution is 6.35. The fourth-order valence-corrected chi connectivity index (χ4v) is 4.57. The van der Waals surface area contributed by atoms with Crippen LogP contribution in [-0.4, -0.2) is 53.1 Å². The van der Waals surface area contributed by atoms with Crippen molar-refractivity contribution in [3.05, 3.63) is 34.9 Å². The number of anilines is 1. The summed E-state index contributed by atoms with van der Waals surface area (Å²) >= 11 is 6.22. The van der Waals surface area contributed by atoms with E-state index in [9.17, 15) is 27.5 Å². The maximum Gasteiger partial charge on any atom is 0.266 e. The molecule has 5 nitrogen and oxygen atoms in total. The number of aliphatic hydroxyl groups is 1. The largest absolute Gasteiger partial charge is 0.388 e. The molecule has 2 fully saturated rings. The van der Waals surface area contributed by atoms with Gasteiger partial charge in [0.2, 0.25) is 0 Å². The van der Waals surface area contributed by atoms with Crippen molar-refractivity contribution in [2.24, 2.45) is 0 Å². The molecule has 0 unspecified atom stereocenters. The van der Waals surface area contributed by atoms with Gasteiger partial charge in [-0.05, 0) is 37.1 Å². The van der Waals surface area contributed by atoms with Crippen LogP contribution in [0.3, 0.4) is 0 Å². The monoisotopic (exact) mass is 459 g/mol. The van der Waals surface area contributed by atoms with E-state index in [1.165, 1.54) is 11.0 Å². The lowest BCUT2D eigenvalue weighted by atomic mass is 9.82. The Bertz CT molecular complexity index is 1020. The molecule has 1 saturated carbocycles. The molecular formula is C21H22ClF4N3O2. The number of benzene rings is 1. The number of carbonyl (C=O) groups is 1. The van der Waals surface area contributed by atoms with Crippen LogP contribution in [0.1, 0.15) is 42.5 Å². The number of halogens is 5. The highest BCUT2D eigenvalue weighted by Crippen LogP contribution is 2.39. The van der Waals surface area contributed by atoms with Crippen LogP contribution in [0.25, 0.3) is 10.9 Å². The minimum absolute atomic E-state index is 0.0936. The summed E-state index contributed by atoms with van der Waals surface area (Å²) < 4.78 is 54.4. The topological polar surface area (TPSA) is 65.5 Å². The number of amides is 1. The Morgan fingerprint density at radius 1 is 1.13 bits per heavy atom. The first-order valence-electron chi connectivity index (χ1n) is 10.1. The number of nitrogens with one attached hydrogen (secondary N) is 1. The zero-order valence-electron chi connectivity index (χ0n) is 16.6. The van der Waals surface area contributed by atoms with Crippen LogP contribution in [0.5, 0.6) is 0 Å². The average molecular weight is 460 g/mol. The highest BCUT2D eigenvalue weighted by Gasteiger charge is 2.45. The van der Waals surface area contributed by atoms with Crippen LogP contribution < -0.4 is 10.2 Å². The van der Waals surface area contributed by atoms with E-state index >= 15 is 0 Å². The third-order valence-electron chi connectivity index (χ3n) is 5.88. The van der Waals surface area contributed by atoms with Crippen molar-refractivity contribution < 1.29 is 27.5 Å². The Morgan fingerprint density at radius 3 is 2.58 bits per heavy atom. The Hall–Kier alpha value is -2.13. The first-order valence-corrected chi connectivity index (χ1v) is 10.5. The molecule has 0 bridgehead atoms. The van der Waals surface area contributed by atoms with E-state index in [4.69, 9.17) is 11.6 Å². The molecule has 31 heavy (non-hydrogen) atoms. The van der Waals surface area contributed by atoms with Gasteiger partial charge in [-0.1, -0.05) is 11.6 Å². The summed E-state index contributed by atoms with van der Waals surface area (Å²) in [5.41, 5.74) is -1.21. The summed E-state index contributed by atoms with van der Waals surface area (Å²) in [7, 11) is 0. The van der Waals surface area contributed by atoms with Gasteiger partial charge < -0.3 is 15.3 Å². The molecule has 1 amide bonds. The lowest BCUT2D eigenvalue weighted by Crippen LogP contribution is -2.49. The molecule has 1 aromatic carbocycles. The standard InChI is InChI=1S/C21H22ClF4N3O2/c22-14-3-4-15-13(2-5-16(28-15)29-9-8-21(25,26)12-29)17(14)18(30)27-11-19(31)6-1-7-20(23,24)10-19/h2-5,31H,1,6-12H2,(H,27,30)/t19-/m1/s1. The van der Waals surface area contributed by atoms with Gasteiger partial charge >= 0.3 is 0 Å². The van der Waals surface area contributed by atoms with Gasteiger partial charge in [-0.25, -0.2) is 22.5 Å². The van der Waals surface area contributed by atoms with E-state index in [0.29, 0.717) is 16.7 Å². The molecule has 4 rings (SSSR count). The summed E-state index contributed by atoms with van der Waals surface area (Å²) in [6.45, 7) is -0.576. The second-order valence-electron chi connectivity index (χ2n) is 8.48. The van der Waals surface area contributed by atoms with E-state index in [1.54, 1.807) is 18.2 Å². The summed E-state index contributed by atoms with van der Waals surface area (Å²) in [4.78, 5) is 18.7. The van der Waals surface area contributed by atoms with Crippen LogP contribution in [0.15, 0.2) is 24.3 Å². The summed E-state index contributed by atoms with van der Waals surface area (Å²) in [6.07, 6.45) is -0.915. The molecule has 0 radical (unpaired) electrons. The van der Waals surface area contributed by atoms with Gasteiger partial charge in [0.25, 0.3) is 17.8 Å². The third kappa shape index (κ3) is 4.72. The number of rotatable bonds is 4. The van der Waals surface area contributed by atoms with Gasteiger partial charge in [-0.3, -0.25) is 4.79 Å². The second kappa shape index (κ2) is 7.78. The van der Waals surface area contributed by atoms with Gasteiger partial charge in [-0.15, -0.1) is 0 Å². The summed E-state index contributed by atoms with van der Waals surface area (Å²) in [5.74, 6) is -5.99. The lowest BCUT2D eigenvalue weighted by molar-refractivity contribution is -0.121. The van der Waals surface area contributed by atoms with E-state index in [0.717, 1.165) is 0 Å². The predicted octanol–water partition coefficient (Wildman–Crippen LogP) is 4.40. The molecule has 1 aliphatic carbocycles. The molecule has 0 spiro atoms. The SMILES string of the molecule is O=C(NC[C@@]1(O)CCCC(F)(F)C1)c1c(Cl)ccc2nc(N3CCC(F)(F)C3)ccc12. The minimum Gasteiger partial charge on any atom is -0.388 e. The normalized spacial score (nSPS) is 25.0. The van der Waals surface area contributed by atoms with E-state index in [1.807, 2.05) is 0 Å². The molecule has 2 heterocycles. The zero-order valence-corrected chi connectivity index (χ0v) is 17.4. The maximum absolute atomic E-state index is 13.7. The second-order valence-corrected chi connectivity index (χ2v) is 8.89. The number of alkyl halides is 4. The fraction of sp³-hybridized carbons (Fsp3) is 0.524. The Morgan fingerprint density at radius 2 is 1.90 bits per heavy atom. The van der Waals surface area contributed by atoms with Crippen molar-refractivity contribution >= 4 is 34.2 Å². The van der Waals surface area contributed by atoms with E-state index in [-0.39, 0.29) is 49.4 Å². The van der Waals surface area contributed by atoms with Gasteiger partial charge in [0.15, 0.2) is 0 Å². The van der Waals surface area contributed by atoms with Gasteiger partial charge in [-0.2, -0.15) is 0 Å². The average Bonchev–Trinajstić information content (AvgIpc) is 3.04. The predicted molar refractivity (Wildman–Crippen MR) is 109 cm³/mol. The number of hydrogen-bond donors (Lipinski definition) is 2. The molecule has 1 atom stereocenters. The number of nitrogens with zero attached hydrogens (tertiary/aromatic N) is 2. The van der Waals surface area contributed by atoms with Crippen molar-refractivity contribution in [2.45, 2.75) is 49.6 Å². The summed E-state index contributed by atoms with van der Waals surface area (Å²) in [5, 5.41) is 13.5. The van der Waals surface area contributed by atoms with Crippen molar-refractivity contribution in [1.29, 1.82) is 0 Å². The van der Waals surface area contributed by atoms with E-state index < -0.39 is 36.3 Å². The summed E-state index contributed by atoms with van der Waals surface area (Å²) in [6, 6.07) is 6.18. The molecule has 1 aromatic heterocycles. The van der Waals surface area contributed by atoms with Crippen molar-refractivity contribution in [3.8, 4) is 0 Å². The molecule has 1 aliphatic heterocycles. The van der Waals surface area contributed by atoms with Crippen LogP contribution in [0.4, 0.5) is 23.4 Å². The smallest absolute Gasteiger partial charge is 0.266 e. The third-order valence-corrected chi connectivity index (χ3v) is 6.19. The first kappa shape index (κ1) is 22.1. The van der Waals surface area contributed by atoms with Crippen molar-refractivity contribution in [3.63, 3.8) is 0 Å². The lowest BCUT2D eigenvalue weighted by Gasteiger charge is -2.36. The highest BCUT2D eigenvalue weighted by atomic mass is 35.5. The molecule has 2 aromatic rings. The Balaban J connectivity index is 1.55. The molecule has 10 heteroatoms. The van der Waals surface area contributed by atoms with Crippen LogP contribution in [0, 0.1) is 0 Å². The molecule has 1 saturated heterocycles. The molecular weight excluding hydrogens is 438 g/mol. The number of carbonyl (C=O) groups excluding carboxylic acids is 1. The molecule has 2 N–H and O–H groups in total. The zero-order chi connectivity index (χ0) is 22.4. The first-order chi connectivity index (χ1) is 14.5. The quantitative estimate of drug-likeness (QED) is 0.665. The number of pyridine rings is 1. The van der Waals surface area contributed by atoms with Gasteiger partial charge in [0.05, 0.1) is 28.2 Å². The maximum atomic E-state index is 13.7. The molecule has 2 aliphatic rings. The van der Waals surface area contributed by atoms with Crippen LogP contribution in [0.2, 0.25) is 5.02 Å². The number of aromatic nitrogens is 1. The fourth-order valence-electron chi connectivity index (χ4n) is 4.32. The number of fused-ring (bicyclic) bond motifs is 1. The van der Waals surface area contributed by atoms with Crippen molar-refractivity contribution in [1.82, 2.24) is 10.3 Å². The molecule has 168 valence electrons. The Kier molecular flexibility index (Phi) is 5.54. The number of hydrogen-bond acceptors (Lipinski definition) is 4. The van der Waals surface area contributed by atoms with E-state index in [2.05, 4.69) is 10.3 Å². The Labute approximate surface area is 181 Å². The van der Waals surface area contributed by atoms with Crippen molar-refractivity contribution in [2.75, 3.05) is 24.5 Å².